The van der Waals surface area contributed by atoms with Gasteiger partial charge < -0.3 is 28.3 Å². The fourth-order valence-corrected chi connectivity index (χ4v) is 3.86. The van der Waals surface area contributed by atoms with Crippen LogP contribution >= 0.6 is 0 Å². The Morgan fingerprint density at radius 1 is 1.10 bits per heavy atom. The molecule has 8 heteroatoms. The number of Topliss-reactive ketones (excluding diaryl/α,β-unsaturated/α-hetero) is 1. The third-order valence-corrected chi connectivity index (χ3v) is 5.29. The Balaban J connectivity index is 1.62. The van der Waals surface area contributed by atoms with Gasteiger partial charge in [0, 0.05) is 5.56 Å². The first-order valence-electron chi connectivity index (χ1n) is 9.80. The number of amides is 1. The average Bonchev–Trinajstić information content (AvgIpc) is 3.50. The Kier molecular flexibility index (Phi) is 4.54. The van der Waals surface area contributed by atoms with Gasteiger partial charge >= 0.3 is 0 Å². The van der Waals surface area contributed by atoms with Crippen LogP contribution in [-0.4, -0.2) is 34.9 Å². The van der Waals surface area contributed by atoms with Crippen LogP contribution in [0.2, 0.25) is 0 Å². The molecule has 1 unspecified atom stereocenters. The number of likely N-dealkylation sites (tertiary alicyclic amines) is 1. The Hall–Kier alpha value is -3.94. The standard InChI is InChI=1S/C23H19NO7/c1-13-4-6-17(31-13)20-19(22(26)23(27)24(20)12-15-3-2-8-28-15)21(25)14-5-7-16-18(11-14)30-10-9-29-16/h2-8,11,20,25H,9-10,12H2,1H3. The van der Waals surface area contributed by atoms with Crippen LogP contribution in [0.5, 0.6) is 11.5 Å². The average molecular weight is 421 g/mol. The molecule has 2 aromatic heterocycles. The Bertz CT molecular complexity index is 1190. The number of ketones is 1. The number of rotatable bonds is 4. The molecule has 0 spiro atoms. The largest absolute Gasteiger partial charge is 0.507 e. The van der Waals surface area contributed by atoms with Crippen molar-refractivity contribution in [2.24, 2.45) is 0 Å². The van der Waals surface area contributed by atoms with Gasteiger partial charge in [0.2, 0.25) is 0 Å². The summed E-state index contributed by atoms with van der Waals surface area (Å²) in [6.45, 7) is 2.65. The van der Waals surface area contributed by atoms with Crippen molar-refractivity contribution in [3.05, 3.63) is 77.1 Å². The first-order chi connectivity index (χ1) is 15.0. The monoisotopic (exact) mass is 421 g/mol. The summed E-state index contributed by atoms with van der Waals surface area (Å²) in [5.41, 5.74) is 0.288. The summed E-state index contributed by atoms with van der Waals surface area (Å²) in [4.78, 5) is 27.2. The van der Waals surface area contributed by atoms with Crippen LogP contribution in [0.25, 0.3) is 5.76 Å². The molecule has 3 aromatic rings. The summed E-state index contributed by atoms with van der Waals surface area (Å²) in [6.07, 6.45) is 1.49. The minimum Gasteiger partial charge on any atom is -0.507 e. The Morgan fingerprint density at radius 2 is 1.90 bits per heavy atom. The van der Waals surface area contributed by atoms with Gasteiger partial charge in [-0.1, -0.05) is 0 Å². The molecule has 1 amide bonds. The minimum absolute atomic E-state index is 0.0532. The molecule has 4 heterocycles. The van der Waals surface area contributed by atoms with Crippen molar-refractivity contribution >= 4 is 17.4 Å². The highest BCUT2D eigenvalue weighted by molar-refractivity contribution is 6.46. The number of furan rings is 2. The lowest BCUT2D eigenvalue weighted by Crippen LogP contribution is -2.28. The highest BCUT2D eigenvalue weighted by atomic mass is 16.6. The number of nitrogens with zero attached hydrogens (tertiary/aromatic N) is 1. The van der Waals surface area contributed by atoms with Crippen molar-refractivity contribution in [2.75, 3.05) is 13.2 Å². The number of carbonyl (C=O) groups is 2. The lowest BCUT2D eigenvalue weighted by molar-refractivity contribution is -0.140. The second-order valence-corrected chi connectivity index (χ2v) is 7.31. The zero-order valence-electron chi connectivity index (χ0n) is 16.7. The second-order valence-electron chi connectivity index (χ2n) is 7.31. The van der Waals surface area contributed by atoms with Crippen LogP contribution in [-0.2, 0) is 16.1 Å². The number of aliphatic hydroxyl groups excluding tert-OH is 1. The van der Waals surface area contributed by atoms with Crippen molar-refractivity contribution in [3.63, 3.8) is 0 Å². The molecule has 1 fully saturated rings. The van der Waals surface area contributed by atoms with Gasteiger partial charge in [0.15, 0.2) is 11.5 Å². The lowest BCUT2D eigenvalue weighted by atomic mass is 9.99. The van der Waals surface area contributed by atoms with Gasteiger partial charge in [-0.3, -0.25) is 9.59 Å². The predicted molar refractivity (Wildman–Crippen MR) is 107 cm³/mol. The quantitative estimate of drug-likeness (QED) is 0.390. The number of benzene rings is 1. The van der Waals surface area contributed by atoms with Gasteiger partial charge in [0.1, 0.15) is 42.3 Å². The van der Waals surface area contributed by atoms with Crippen molar-refractivity contribution in [3.8, 4) is 11.5 Å². The number of carbonyl (C=O) groups excluding carboxylic acids is 2. The molecule has 0 saturated carbocycles. The van der Waals surface area contributed by atoms with Crippen LogP contribution in [0.1, 0.15) is 28.9 Å². The molecule has 2 aliphatic rings. The van der Waals surface area contributed by atoms with Gasteiger partial charge in [-0.05, 0) is 49.4 Å². The summed E-state index contributed by atoms with van der Waals surface area (Å²) in [7, 11) is 0. The SMILES string of the molecule is Cc1ccc(C2C(=C(O)c3ccc4c(c3)OCCO4)C(=O)C(=O)N2Cc2ccco2)o1. The van der Waals surface area contributed by atoms with E-state index >= 15 is 0 Å². The van der Waals surface area contributed by atoms with E-state index in [1.165, 1.54) is 11.2 Å². The molecule has 158 valence electrons. The molecule has 1 N–H and O–H groups in total. The fraction of sp³-hybridized carbons (Fsp3) is 0.217. The van der Waals surface area contributed by atoms with Gasteiger partial charge in [-0.2, -0.15) is 0 Å². The molecular weight excluding hydrogens is 402 g/mol. The molecule has 31 heavy (non-hydrogen) atoms. The smallest absolute Gasteiger partial charge is 0.296 e. The third-order valence-electron chi connectivity index (χ3n) is 5.29. The first-order valence-corrected chi connectivity index (χ1v) is 9.80. The Morgan fingerprint density at radius 3 is 2.61 bits per heavy atom. The number of aliphatic hydroxyl groups is 1. The van der Waals surface area contributed by atoms with Gasteiger partial charge in [-0.15, -0.1) is 0 Å². The lowest BCUT2D eigenvalue weighted by Gasteiger charge is -2.22. The molecule has 0 aliphatic carbocycles. The summed E-state index contributed by atoms with van der Waals surface area (Å²) < 4.78 is 22.2. The van der Waals surface area contributed by atoms with Gasteiger partial charge in [0.25, 0.3) is 11.7 Å². The Labute approximate surface area is 177 Å². The normalized spacial score (nSPS) is 19.8. The van der Waals surface area contributed by atoms with Gasteiger partial charge in [0.05, 0.1) is 18.4 Å². The summed E-state index contributed by atoms with van der Waals surface area (Å²) >= 11 is 0. The zero-order chi connectivity index (χ0) is 21.5. The summed E-state index contributed by atoms with van der Waals surface area (Å²) in [6, 6.07) is 10.8. The number of fused-ring (bicyclic) bond motifs is 1. The highest BCUT2D eigenvalue weighted by Crippen LogP contribution is 2.42. The number of ether oxygens (including phenoxy) is 2. The second kappa shape index (κ2) is 7.39. The maximum atomic E-state index is 13.0. The molecule has 5 rings (SSSR count). The maximum Gasteiger partial charge on any atom is 0.296 e. The van der Waals surface area contributed by atoms with E-state index in [0.29, 0.717) is 47.6 Å². The van der Waals surface area contributed by atoms with E-state index in [1.807, 2.05) is 0 Å². The molecule has 8 nitrogen and oxygen atoms in total. The van der Waals surface area contributed by atoms with Crippen molar-refractivity contribution in [1.82, 2.24) is 4.90 Å². The van der Waals surface area contributed by atoms with E-state index in [4.69, 9.17) is 18.3 Å². The van der Waals surface area contributed by atoms with E-state index in [2.05, 4.69) is 0 Å². The van der Waals surface area contributed by atoms with Crippen LogP contribution in [0.4, 0.5) is 0 Å². The number of hydrogen-bond donors (Lipinski definition) is 1. The summed E-state index contributed by atoms with van der Waals surface area (Å²) in [5, 5.41) is 11.1. The van der Waals surface area contributed by atoms with Crippen molar-refractivity contribution in [2.45, 2.75) is 19.5 Å². The van der Waals surface area contributed by atoms with Crippen molar-refractivity contribution < 1.29 is 33.0 Å². The first kappa shape index (κ1) is 19.0. The maximum absolute atomic E-state index is 13.0. The van der Waals surface area contributed by atoms with E-state index in [-0.39, 0.29) is 17.9 Å². The predicted octanol–water partition coefficient (Wildman–Crippen LogP) is 3.57. The topological polar surface area (TPSA) is 102 Å². The fourth-order valence-electron chi connectivity index (χ4n) is 3.86. The van der Waals surface area contributed by atoms with E-state index < -0.39 is 17.7 Å². The third kappa shape index (κ3) is 3.26. The zero-order valence-corrected chi connectivity index (χ0v) is 16.7. The van der Waals surface area contributed by atoms with Crippen LogP contribution < -0.4 is 9.47 Å². The molecule has 2 aliphatic heterocycles. The van der Waals surface area contributed by atoms with E-state index in [0.717, 1.165) is 0 Å². The molecular formula is C23H19NO7. The minimum atomic E-state index is -0.896. The van der Waals surface area contributed by atoms with Gasteiger partial charge in [-0.25, -0.2) is 0 Å². The van der Waals surface area contributed by atoms with Crippen LogP contribution in [0, 0.1) is 6.92 Å². The van der Waals surface area contributed by atoms with Crippen molar-refractivity contribution in [1.29, 1.82) is 0 Å². The number of hydrogen-bond acceptors (Lipinski definition) is 7. The number of aryl methyl sites for hydroxylation is 1. The van der Waals surface area contributed by atoms with E-state index in [9.17, 15) is 14.7 Å². The van der Waals surface area contributed by atoms with Crippen LogP contribution in [0.3, 0.4) is 0 Å². The molecule has 1 aromatic carbocycles. The molecule has 1 saturated heterocycles. The summed E-state index contributed by atoms with van der Waals surface area (Å²) in [5.74, 6) is 0.684. The van der Waals surface area contributed by atoms with Crippen LogP contribution in [0.15, 0.2) is 63.1 Å². The highest BCUT2D eigenvalue weighted by Gasteiger charge is 2.48. The molecule has 0 radical (unpaired) electrons. The van der Waals surface area contributed by atoms with E-state index in [1.54, 1.807) is 49.4 Å². The molecule has 0 bridgehead atoms. The molecule has 1 atom stereocenters.